The first-order valence-electron chi connectivity index (χ1n) is 8.90. The molecule has 1 aromatic heterocycles. The number of fused-ring (bicyclic) bond motifs is 1. The minimum Gasteiger partial charge on any atom is -0.490 e. The summed E-state index contributed by atoms with van der Waals surface area (Å²) < 4.78 is 7.70. The van der Waals surface area contributed by atoms with E-state index < -0.39 is 0 Å². The van der Waals surface area contributed by atoms with Crippen molar-refractivity contribution < 1.29 is 4.74 Å². The Morgan fingerprint density at radius 3 is 2.57 bits per heavy atom. The summed E-state index contributed by atoms with van der Waals surface area (Å²) in [4.78, 5) is 17.8. The van der Waals surface area contributed by atoms with E-state index in [2.05, 4.69) is 27.6 Å². The predicted octanol–water partition coefficient (Wildman–Crippen LogP) is 4.90. The van der Waals surface area contributed by atoms with E-state index in [1.807, 2.05) is 57.2 Å². The molecule has 144 valence electrons. The summed E-state index contributed by atoms with van der Waals surface area (Å²) >= 11 is 3.42. The van der Waals surface area contributed by atoms with Gasteiger partial charge in [-0.25, -0.2) is 4.98 Å². The molecule has 0 fully saturated rings. The van der Waals surface area contributed by atoms with Crippen molar-refractivity contribution in [3.8, 4) is 5.75 Å². The van der Waals surface area contributed by atoms with Gasteiger partial charge in [-0.15, -0.1) is 0 Å². The first kappa shape index (κ1) is 20.0. The maximum absolute atomic E-state index is 13.1. The molecule has 0 bridgehead atoms. The molecular weight excluding hydrogens is 418 g/mol. The third kappa shape index (κ3) is 4.39. The molecule has 6 heteroatoms. The number of benzene rings is 2. The quantitative estimate of drug-likeness (QED) is 0.419. The zero-order valence-corrected chi connectivity index (χ0v) is 17.7. The van der Waals surface area contributed by atoms with Crippen LogP contribution in [-0.2, 0) is 5.41 Å². The Morgan fingerprint density at radius 1 is 1.21 bits per heavy atom. The fraction of sp³-hybridized carbons (Fsp3) is 0.227. The van der Waals surface area contributed by atoms with Crippen LogP contribution in [0.3, 0.4) is 0 Å². The molecule has 0 amide bonds. The summed E-state index contributed by atoms with van der Waals surface area (Å²) in [5, 5.41) is 4.98. The summed E-state index contributed by atoms with van der Waals surface area (Å²) in [6, 6.07) is 13.0. The summed E-state index contributed by atoms with van der Waals surface area (Å²) in [7, 11) is 0. The molecule has 28 heavy (non-hydrogen) atoms. The number of ether oxygens (including phenoxy) is 1. The second kappa shape index (κ2) is 8.10. The van der Waals surface area contributed by atoms with Crippen LogP contribution in [-0.4, -0.2) is 22.5 Å². The van der Waals surface area contributed by atoms with E-state index in [4.69, 9.17) is 9.72 Å². The highest BCUT2D eigenvalue weighted by Crippen LogP contribution is 2.23. The van der Waals surface area contributed by atoms with Crippen LogP contribution in [0.15, 0.2) is 69.5 Å². The average molecular weight is 440 g/mol. The smallest absolute Gasteiger partial charge is 0.282 e. The van der Waals surface area contributed by atoms with Crippen LogP contribution >= 0.6 is 15.9 Å². The van der Waals surface area contributed by atoms with Crippen LogP contribution in [0.2, 0.25) is 0 Å². The molecule has 0 aliphatic rings. The van der Waals surface area contributed by atoms with Crippen LogP contribution in [0.4, 0.5) is 0 Å². The SMILES string of the molecule is C=CCOc1ccc(C=Nn2c(C(C)(C)C)nc3ccc(Br)cc3c2=O)cc1. The largest absolute Gasteiger partial charge is 0.490 e. The second-order valence-electron chi connectivity index (χ2n) is 7.38. The van der Waals surface area contributed by atoms with E-state index in [1.165, 1.54) is 4.68 Å². The van der Waals surface area contributed by atoms with Gasteiger partial charge in [0.1, 0.15) is 18.2 Å². The van der Waals surface area contributed by atoms with Gasteiger partial charge in [-0.2, -0.15) is 9.78 Å². The Hall–Kier alpha value is -2.73. The summed E-state index contributed by atoms with van der Waals surface area (Å²) in [6.45, 7) is 10.1. The molecule has 1 heterocycles. The van der Waals surface area contributed by atoms with Crippen LogP contribution in [0, 0.1) is 0 Å². The fourth-order valence-electron chi connectivity index (χ4n) is 2.67. The molecule has 0 atom stereocenters. The zero-order chi connectivity index (χ0) is 20.3. The third-order valence-corrected chi connectivity index (χ3v) is 4.54. The van der Waals surface area contributed by atoms with E-state index in [0.29, 0.717) is 23.3 Å². The fourth-order valence-corrected chi connectivity index (χ4v) is 3.03. The highest BCUT2D eigenvalue weighted by atomic mass is 79.9. The third-order valence-electron chi connectivity index (χ3n) is 4.05. The van der Waals surface area contributed by atoms with Gasteiger partial charge in [-0.1, -0.05) is 49.4 Å². The maximum Gasteiger partial charge on any atom is 0.282 e. The number of rotatable bonds is 5. The Bertz CT molecular complexity index is 1090. The molecule has 0 N–H and O–H groups in total. The van der Waals surface area contributed by atoms with Crippen molar-refractivity contribution in [1.29, 1.82) is 0 Å². The standard InChI is InChI=1S/C22H22BrN3O2/c1-5-12-28-17-9-6-15(7-10-17)14-24-26-20(27)18-13-16(23)8-11-19(18)25-21(26)22(2,3)4/h5-11,13-14H,1,12H2,2-4H3. The molecule has 0 saturated carbocycles. The molecule has 0 unspecified atom stereocenters. The number of nitrogens with zero attached hydrogens (tertiary/aromatic N) is 3. The number of halogens is 1. The predicted molar refractivity (Wildman–Crippen MR) is 118 cm³/mol. The average Bonchev–Trinajstić information content (AvgIpc) is 2.66. The molecule has 3 rings (SSSR count). The minimum atomic E-state index is -0.347. The van der Waals surface area contributed by atoms with Gasteiger partial charge in [-0.3, -0.25) is 4.79 Å². The van der Waals surface area contributed by atoms with Gasteiger partial charge >= 0.3 is 0 Å². The van der Waals surface area contributed by atoms with Crippen molar-refractivity contribution in [1.82, 2.24) is 9.66 Å². The summed E-state index contributed by atoms with van der Waals surface area (Å²) in [5.74, 6) is 1.36. The van der Waals surface area contributed by atoms with E-state index in [1.54, 1.807) is 18.4 Å². The van der Waals surface area contributed by atoms with E-state index >= 15 is 0 Å². The second-order valence-corrected chi connectivity index (χ2v) is 8.29. The van der Waals surface area contributed by atoms with Crippen molar-refractivity contribution in [3.05, 3.63) is 81.3 Å². The van der Waals surface area contributed by atoms with E-state index in [0.717, 1.165) is 15.8 Å². The lowest BCUT2D eigenvalue weighted by Gasteiger charge is -2.20. The minimum absolute atomic E-state index is 0.196. The van der Waals surface area contributed by atoms with Gasteiger partial charge in [0.25, 0.3) is 5.56 Å². The van der Waals surface area contributed by atoms with Gasteiger partial charge in [0.2, 0.25) is 0 Å². The Morgan fingerprint density at radius 2 is 1.93 bits per heavy atom. The highest BCUT2D eigenvalue weighted by molar-refractivity contribution is 9.10. The lowest BCUT2D eigenvalue weighted by Crippen LogP contribution is -2.29. The monoisotopic (exact) mass is 439 g/mol. The lowest BCUT2D eigenvalue weighted by molar-refractivity contribution is 0.363. The molecule has 0 aliphatic carbocycles. The molecule has 0 radical (unpaired) electrons. The first-order chi connectivity index (χ1) is 13.3. The van der Waals surface area contributed by atoms with Gasteiger partial charge in [-0.05, 0) is 48.0 Å². The van der Waals surface area contributed by atoms with Crippen LogP contribution in [0.5, 0.6) is 5.75 Å². The van der Waals surface area contributed by atoms with Gasteiger partial charge in [0, 0.05) is 9.89 Å². The number of hydrogen-bond acceptors (Lipinski definition) is 4. The van der Waals surface area contributed by atoms with Crippen molar-refractivity contribution in [2.75, 3.05) is 6.61 Å². The molecule has 0 aliphatic heterocycles. The van der Waals surface area contributed by atoms with Crippen molar-refractivity contribution in [3.63, 3.8) is 0 Å². The van der Waals surface area contributed by atoms with E-state index in [9.17, 15) is 4.79 Å². The Kier molecular flexibility index (Phi) is 5.79. The highest BCUT2D eigenvalue weighted by Gasteiger charge is 2.22. The molecule has 2 aromatic carbocycles. The summed E-state index contributed by atoms with van der Waals surface area (Å²) in [5.41, 5.74) is 0.971. The van der Waals surface area contributed by atoms with Gasteiger partial charge < -0.3 is 4.74 Å². The molecule has 0 spiro atoms. The van der Waals surface area contributed by atoms with Gasteiger partial charge in [0.15, 0.2) is 0 Å². The molecule has 5 nitrogen and oxygen atoms in total. The normalized spacial score (nSPS) is 11.9. The number of aromatic nitrogens is 2. The first-order valence-corrected chi connectivity index (χ1v) is 9.70. The topological polar surface area (TPSA) is 56.5 Å². The van der Waals surface area contributed by atoms with Crippen LogP contribution in [0.1, 0.15) is 32.2 Å². The Balaban J connectivity index is 2.05. The van der Waals surface area contributed by atoms with Crippen molar-refractivity contribution >= 4 is 33.0 Å². The van der Waals surface area contributed by atoms with Crippen molar-refractivity contribution in [2.24, 2.45) is 5.10 Å². The van der Waals surface area contributed by atoms with E-state index in [-0.39, 0.29) is 11.0 Å². The number of hydrogen-bond donors (Lipinski definition) is 0. The molecular formula is C22H22BrN3O2. The zero-order valence-electron chi connectivity index (χ0n) is 16.1. The van der Waals surface area contributed by atoms with Gasteiger partial charge in [0.05, 0.1) is 17.1 Å². The van der Waals surface area contributed by atoms with Crippen LogP contribution < -0.4 is 10.3 Å². The molecule has 0 saturated heterocycles. The summed E-state index contributed by atoms with van der Waals surface area (Å²) in [6.07, 6.45) is 3.35. The molecule has 3 aromatic rings. The lowest BCUT2D eigenvalue weighted by atomic mass is 9.95. The van der Waals surface area contributed by atoms with Crippen LogP contribution in [0.25, 0.3) is 10.9 Å². The Labute approximate surface area is 172 Å². The maximum atomic E-state index is 13.1. The van der Waals surface area contributed by atoms with Crippen molar-refractivity contribution in [2.45, 2.75) is 26.2 Å².